The fourth-order valence-corrected chi connectivity index (χ4v) is 2.59. The number of methoxy groups -OCH3 is 1. The van der Waals surface area contributed by atoms with Gasteiger partial charge in [-0.1, -0.05) is 45.8 Å². The Bertz CT molecular complexity index is 726. The highest BCUT2D eigenvalue weighted by Crippen LogP contribution is 2.19. The summed E-state index contributed by atoms with van der Waals surface area (Å²) >= 11 is 3.35. The van der Waals surface area contributed by atoms with Crippen molar-refractivity contribution in [2.24, 2.45) is 0 Å². The van der Waals surface area contributed by atoms with E-state index in [1.165, 1.54) is 7.11 Å². The van der Waals surface area contributed by atoms with E-state index < -0.39 is 12.0 Å². The van der Waals surface area contributed by atoms with Crippen LogP contribution in [0.15, 0.2) is 46.9 Å². The molecule has 0 saturated heterocycles. The van der Waals surface area contributed by atoms with E-state index in [0.29, 0.717) is 11.1 Å². The molecule has 0 heterocycles. The summed E-state index contributed by atoms with van der Waals surface area (Å²) in [5, 5.41) is 2.75. The van der Waals surface area contributed by atoms with Crippen LogP contribution in [0.5, 0.6) is 0 Å². The first kappa shape index (κ1) is 17.2. The highest BCUT2D eigenvalue weighted by Gasteiger charge is 2.24. The number of aryl methyl sites for hydroxylation is 2. The van der Waals surface area contributed by atoms with Gasteiger partial charge in [0.25, 0.3) is 5.91 Å². The van der Waals surface area contributed by atoms with E-state index in [9.17, 15) is 9.59 Å². The number of nitrogens with one attached hydrogen (secondary N) is 1. The van der Waals surface area contributed by atoms with Crippen LogP contribution in [0, 0.1) is 13.8 Å². The lowest BCUT2D eigenvalue weighted by Crippen LogP contribution is -2.34. The zero-order valence-electron chi connectivity index (χ0n) is 13.2. The lowest BCUT2D eigenvalue weighted by molar-refractivity contribution is -0.143. The van der Waals surface area contributed by atoms with Crippen molar-refractivity contribution in [3.8, 4) is 0 Å². The Morgan fingerprint density at radius 1 is 1.09 bits per heavy atom. The van der Waals surface area contributed by atoms with Gasteiger partial charge >= 0.3 is 5.97 Å². The molecule has 1 atom stereocenters. The molecule has 0 bridgehead atoms. The molecule has 0 fully saturated rings. The molecule has 0 aliphatic rings. The number of ether oxygens (including phenoxy) is 1. The van der Waals surface area contributed by atoms with Gasteiger partial charge in [0.05, 0.1) is 7.11 Å². The number of carbonyl (C=O) groups excluding carboxylic acids is 2. The summed E-state index contributed by atoms with van der Waals surface area (Å²) in [5.41, 5.74) is 3.15. The third kappa shape index (κ3) is 4.20. The van der Waals surface area contributed by atoms with Crippen molar-refractivity contribution >= 4 is 27.8 Å². The Hall–Kier alpha value is -2.14. The molecule has 2 aromatic rings. The molecule has 5 heteroatoms. The van der Waals surface area contributed by atoms with Crippen molar-refractivity contribution in [2.45, 2.75) is 19.9 Å². The van der Waals surface area contributed by atoms with Gasteiger partial charge < -0.3 is 10.1 Å². The van der Waals surface area contributed by atoms with Crippen LogP contribution in [-0.4, -0.2) is 19.0 Å². The zero-order valence-corrected chi connectivity index (χ0v) is 14.8. The quantitative estimate of drug-likeness (QED) is 0.828. The lowest BCUT2D eigenvalue weighted by atomic mass is 10.0. The monoisotopic (exact) mass is 375 g/mol. The predicted molar refractivity (Wildman–Crippen MR) is 92.3 cm³/mol. The van der Waals surface area contributed by atoms with E-state index in [2.05, 4.69) is 21.2 Å². The molecule has 1 N–H and O–H groups in total. The molecular weight excluding hydrogens is 358 g/mol. The summed E-state index contributed by atoms with van der Waals surface area (Å²) in [6.45, 7) is 3.84. The third-order valence-corrected chi connectivity index (χ3v) is 4.07. The van der Waals surface area contributed by atoms with Gasteiger partial charge in [-0.25, -0.2) is 4.79 Å². The molecule has 2 aromatic carbocycles. The summed E-state index contributed by atoms with van der Waals surface area (Å²) in [7, 11) is 1.30. The fourth-order valence-electron chi connectivity index (χ4n) is 2.33. The summed E-state index contributed by atoms with van der Waals surface area (Å²) in [6.07, 6.45) is 0. The first-order chi connectivity index (χ1) is 10.9. The Kier molecular flexibility index (Phi) is 5.55. The van der Waals surface area contributed by atoms with Crippen LogP contribution >= 0.6 is 15.9 Å². The van der Waals surface area contributed by atoms with Crippen LogP contribution < -0.4 is 5.32 Å². The van der Waals surface area contributed by atoms with Crippen LogP contribution in [0.25, 0.3) is 0 Å². The van der Waals surface area contributed by atoms with Gasteiger partial charge in [0, 0.05) is 10.0 Å². The van der Waals surface area contributed by atoms with E-state index in [1.54, 1.807) is 18.2 Å². The van der Waals surface area contributed by atoms with Crippen molar-refractivity contribution < 1.29 is 14.3 Å². The first-order valence-electron chi connectivity index (χ1n) is 7.14. The minimum Gasteiger partial charge on any atom is -0.467 e. The number of amides is 1. The maximum atomic E-state index is 12.5. The van der Waals surface area contributed by atoms with Crippen LogP contribution in [0.2, 0.25) is 0 Å². The maximum Gasteiger partial charge on any atom is 0.333 e. The summed E-state index contributed by atoms with van der Waals surface area (Å²) in [4.78, 5) is 24.6. The topological polar surface area (TPSA) is 55.4 Å². The van der Waals surface area contributed by atoms with Gasteiger partial charge in [0.15, 0.2) is 6.04 Å². The smallest absolute Gasteiger partial charge is 0.333 e. The van der Waals surface area contributed by atoms with Gasteiger partial charge in [-0.3, -0.25) is 4.79 Å². The molecule has 0 radical (unpaired) electrons. The Morgan fingerprint density at radius 3 is 2.30 bits per heavy atom. The number of halogens is 1. The third-order valence-electron chi connectivity index (χ3n) is 3.54. The van der Waals surface area contributed by atoms with Crippen molar-refractivity contribution in [1.82, 2.24) is 5.32 Å². The van der Waals surface area contributed by atoms with Crippen LogP contribution in [0.3, 0.4) is 0 Å². The second-order valence-electron chi connectivity index (χ2n) is 5.30. The molecule has 0 spiro atoms. The molecule has 120 valence electrons. The lowest BCUT2D eigenvalue weighted by Gasteiger charge is -2.18. The second-order valence-corrected chi connectivity index (χ2v) is 6.22. The van der Waals surface area contributed by atoms with Crippen LogP contribution in [0.4, 0.5) is 0 Å². The highest BCUT2D eigenvalue weighted by atomic mass is 79.9. The average Bonchev–Trinajstić information content (AvgIpc) is 2.52. The van der Waals surface area contributed by atoms with Crippen LogP contribution in [0.1, 0.15) is 33.1 Å². The molecule has 23 heavy (non-hydrogen) atoms. The number of esters is 1. The van der Waals surface area contributed by atoms with E-state index in [1.807, 2.05) is 38.1 Å². The number of hydrogen-bond acceptors (Lipinski definition) is 3. The first-order valence-corrected chi connectivity index (χ1v) is 7.93. The van der Waals surface area contributed by atoms with Gasteiger partial charge in [-0.15, -0.1) is 0 Å². The van der Waals surface area contributed by atoms with E-state index in [0.717, 1.165) is 15.6 Å². The van der Waals surface area contributed by atoms with Crippen molar-refractivity contribution in [3.63, 3.8) is 0 Å². The highest BCUT2D eigenvalue weighted by molar-refractivity contribution is 9.10. The molecular formula is C18H18BrNO3. The van der Waals surface area contributed by atoms with Gasteiger partial charge in [-0.2, -0.15) is 0 Å². The molecule has 1 amide bonds. The Labute approximate surface area is 144 Å². The average molecular weight is 376 g/mol. The van der Waals surface area contributed by atoms with Gasteiger partial charge in [0.2, 0.25) is 0 Å². The predicted octanol–water partition coefficient (Wildman–Crippen LogP) is 3.71. The second kappa shape index (κ2) is 7.42. The largest absolute Gasteiger partial charge is 0.467 e. The van der Waals surface area contributed by atoms with Crippen molar-refractivity contribution in [3.05, 3.63) is 69.2 Å². The summed E-state index contributed by atoms with van der Waals surface area (Å²) in [5.74, 6) is -0.814. The normalized spacial score (nSPS) is 11.7. The number of benzene rings is 2. The van der Waals surface area contributed by atoms with Gasteiger partial charge in [0.1, 0.15) is 0 Å². The van der Waals surface area contributed by atoms with E-state index in [-0.39, 0.29) is 5.91 Å². The van der Waals surface area contributed by atoms with Crippen LogP contribution in [-0.2, 0) is 9.53 Å². The SMILES string of the molecule is COC(=O)C(NC(=O)c1ccc(C)cc1C)c1ccc(Br)cc1. The Balaban J connectivity index is 2.29. The molecule has 0 aliphatic heterocycles. The number of hydrogen-bond donors (Lipinski definition) is 1. The Morgan fingerprint density at radius 2 is 1.74 bits per heavy atom. The van der Waals surface area contributed by atoms with Crippen molar-refractivity contribution in [2.75, 3.05) is 7.11 Å². The standard InChI is InChI=1S/C18H18BrNO3/c1-11-4-9-15(12(2)10-11)17(21)20-16(18(22)23-3)13-5-7-14(19)8-6-13/h4-10,16H,1-3H3,(H,20,21). The molecule has 0 aliphatic carbocycles. The number of carbonyl (C=O) groups is 2. The molecule has 0 saturated carbocycles. The number of rotatable bonds is 4. The van der Waals surface area contributed by atoms with E-state index in [4.69, 9.17) is 4.74 Å². The van der Waals surface area contributed by atoms with Gasteiger partial charge in [-0.05, 0) is 43.2 Å². The molecule has 4 nitrogen and oxygen atoms in total. The zero-order chi connectivity index (χ0) is 17.0. The van der Waals surface area contributed by atoms with E-state index >= 15 is 0 Å². The summed E-state index contributed by atoms with van der Waals surface area (Å²) in [6, 6.07) is 11.9. The molecule has 0 aromatic heterocycles. The minimum absolute atomic E-state index is 0.305. The molecule has 1 unspecified atom stereocenters. The molecule has 2 rings (SSSR count). The summed E-state index contributed by atoms with van der Waals surface area (Å²) < 4.78 is 5.71. The van der Waals surface area contributed by atoms with Crippen molar-refractivity contribution in [1.29, 1.82) is 0 Å². The minimum atomic E-state index is -0.846. The maximum absolute atomic E-state index is 12.5. The fraction of sp³-hybridized carbons (Fsp3) is 0.222.